The van der Waals surface area contributed by atoms with Crippen molar-refractivity contribution < 1.29 is 89.3 Å². The predicted octanol–water partition coefficient (Wildman–Crippen LogP) is 4.83. The van der Waals surface area contributed by atoms with Gasteiger partial charge in [0, 0.05) is 0 Å². The second-order valence-corrected chi connectivity index (χ2v) is 5.50. The highest BCUT2D eigenvalue weighted by Crippen LogP contribution is 2.64. The molecular weight excluding hydrogens is 499 g/mol. The molecule has 0 saturated heterocycles. The predicted molar refractivity (Wildman–Crippen MR) is 50.4 cm³/mol. The number of halogens is 17. The third-order valence-electron chi connectivity index (χ3n) is 2.86. The zero-order valence-corrected chi connectivity index (χ0v) is 12.9. The first-order valence-electron chi connectivity index (χ1n) is 5.67. The second kappa shape index (κ2) is 7.32. The zero-order chi connectivity index (χ0) is 24.1. The zero-order valence-electron chi connectivity index (χ0n) is 12.1. The number of hydrogen-bond acceptors (Lipinski definition) is 4. The lowest BCUT2D eigenvalue weighted by Gasteiger charge is -2.42. The molecule has 176 valence electrons. The van der Waals surface area contributed by atoms with E-state index in [1.165, 1.54) is 0 Å². The number of alkyl halides is 17. The van der Waals surface area contributed by atoms with Crippen LogP contribution in [0.25, 0.3) is 0 Å². The smallest absolute Gasteiger partial charge is 0.460 e. The van der Waals surface area contributed by atoms with E-state index in [4.69, 9.17) is 0 Å². The van der Waals surface area contributed by atoms with Crippen molar-refractivity contribution in [1.29, 1.82) is 0 Å². The van der Waals surface area contributed by atoms with Crippen molar-refractivity contribution in [1.82, 2.24) is 0 Å². The van der Waals surface area contributed by atoms with E-state index in [2.05, 4.69) is 4.33 Å². The summed E-state index contributed by atoms with van der Waals surface area (Å²) in [4.78, 5) is 0. The summed E-state index contributed by atoms with van der Waals surface area (Å²) in [5.74, 6) is -50.5. The van der Waals surface area contributed by atoms with Gasteiger partial charge in [0.1, 0.15) is 12.0 Å². The van der Waals surface area contributed by atoms with Crippen molar-refractivity contribution in [2.24, 2.45) is 0 Å². The molecule has 0 aromatic carbocycles. The quantitative estimate of drug-likeness (QED) is 0.198. The highest BCUT2D eigenvalue weighted by atomic mass is 32.2. The molecule has 29 heavy (non-hydrogen) atoms. The molecule has 0 saturated carbocycles. The fraction of sp³-hybridized carbons (Fsp3) is 1.00. The van der Waals surface area contributed by atoms with Crippen LogP contribution in [0.5, 0.6) is 0 Å². The minimum Gasteiger partial charge on any atom is -0.691 e. The maximum Gasteiger partial charge on any atom is 0.460 e. The monoisotopic (exact) mass is 499 g/mol. The average Bonchev–Trinajstić information content (AvgIpc) is 2.50. The van der Waals surface area contributed by atoms with Crippen molar-refractivity contribution >= 4 is 12.0 Å². The highest BCUT2D eigenvalue weighted by Gasteiger charge is 2.95. The third-order valence-corrected chi connectivity index (χ3v) is 3.45. The van der Waals surface area contributed by atoms with E-state index in [0.717, 1.165) is 0 Å². The van der Waals surface area contributed by atoms with Gasteiger partial charge in [0.05, 0.1) is 0 Å². The Hall–Kier alpha value is -0.960. The molecule has 0 atom stereocenters. The Balaban J connectivity index is 6.57. The molecule has 0 heterocycles. The molecule has 0 amide bonds. The van der Waals surface area contributed by atoms with Crippen LogP contribution in [0.3, 0.4) is 0 Å². The molecule has 0 aromatic rings. The maximum atomic E-state index is 13.1. The fourth-order valence-corrected chi connectivity index (χ4v) is 1.60. The topological polar surface area (TPSA) is 41.5 Å². The van der Waals surface area contributed by atoms with Crippen molar-refractivity contribution in [2.75, 3.05) is 0 Å². The van der Waals surface area contributed by atoms with Crippen molar-refractivity contribution in [2.45, 2.75) is 47.0 Å². The summed E-state index contributed by atoms with van der Waals surface area (Å²) in [6, 6.07) is 0. The summed E-state index contributed by atoms with van der Waals surface area (Å²) in [5, 5.41) is 4.24. The van der Waals surface area contributed by atoms with Crippen LogP contribution in [0.15, 0.2) is 0 Å². The molecule has 0 unspecified atom stereocenters. The first kappa shape index (κ1) is 28.0. The SMILES string of the molecule is [O-]OOSC(F)(F)C(F)(F)C(F)(F)C(F)(F)C(F)(F)C(F)(F)C(F)(F)C(F)(F)F. The lowest BCUT2D eigenvalue weighted by Crippen LogP contribution is -2.74. The van der Waals surface area contributed by atoms with Gasteiger partial charge in [-0.05, 0) is 0 Å². The minimum atomic E-state index is -8.71. The van der Waals surface area contributed by atoms with Gasteiger partial charge < -0.3 is 5.26 Å². The minimum absolute atomic E-state index is 1.95. The Morgan fingerprint density at radius 2 is 0.724 bits per heavy atom. The highest BCUT2D eigenvalue weighted by molar-refractivity contribution is 7.95. The van der Waals surface area contributed by atoms with Crippen LogP contribution in [-0.2, 0) is 9.37 Å². The Bertz CT molecular complexity index is 584. The van der Waals surface area contributed by atoms with Crippen LogP contribution < -0.4 is 5.26 Å². The fourth-order valence-electron chi connectivity index (χ4n) is 1.26. The molecule has 0 spiro atoms. The van der Waals surface area contributed by atoms with Gasteiger partial charge in [-0.25, -0.2) is 0 Å². The van der Waals surface area contributed by atoms with Crippen LogP contribution in [0.2, 0.25) is 0 Å². The molecular formula is C8F17O3S-. The van der Waals surface area contributed by atoms with E-state index in [-0.39, 0.29) is 0 Å². The van der Waals surface area contributed by atoms with E-state index in [1.807, 2.05) is 5.04 Å². The Kier molecular flexibility index (Phi) is 7.08. The van der Waals surface area contributed by atoms with Gasteiger partial charge in [-0.3, -0.25) is 5.04 Å². The van der Waals surface area contributed by atoms with E-state index in [0.29, 0.717) is 0 Å². The van der Waals surface area contributed by atoms with Crippen molar-refractivity contribution in [3.8, 4) is 0 Å². The number of rotatable bonds is 9. The Labute approximate surface area is 149 Å². The molecule has 3 nitrogen and oxygen atoms in total. The normalized spacial score (nSPS) is 16.3. The van der Waals surface area contributed by atoms with Crippen LogP contribution in [0.4, 0.5) is 74.6 Å². The first-order chi connectivity index (χ1) is 12.3. The summed E-state index contributed by atoms with van der Waals surface area (Å²) in [6.07, 6.45) is -7.81. The van der Waals surface area contributed by atoms with Crippen LogP contribution in [0, 0.1) is 0 Å². The van der Waals surface area contributed by atoms with E-state index >= 15 is 0 Å². The van der Waals surface area contributed by atoms with Crippen LogP contribution in [0.1, 0.15) is 0 Å². The molecule has 0 rings (SSSR count). The molecule has 0 aliphatic rings. The lowest BCUT2D eigenvalue weighted by molar-refractivity contribution is -0.777. The van der Waals surface area contributed by atoms with Gasteiger partial charge in [-0.1, -0.05) is 0 Å². The third kappa shape index (κ3) is 3.77. The number of hydrogen-bond donors (Lipinski definition) is 0. The average molecular weight is 499 g/mol. The first-order valence-corrected chi connectivity index (χ1v) is 6.41. The summed E-state index contributed by atoms with van der Waals surface area (Å²) in [6.45, 7) is 0. The molecule has 0 bridgehead atoms. The second-order valence-electron chi connectivity index (χ2n) is 4.68. The van der Waals surface area contributed by atoms with Gasteiger partial charge in [-0.15, -0.1) is 0 Å². The van der Waals surface area contributed by atoms with E-state index in [9.17, 15) is 79.9 Å². The Morgan fingerprint density at radius 3 is 1.00 bits per heavy atom. The van der Waals surface area contributed by atoms with Gasteiger partial charge in [0.25, 0.3) is 0 Å². The van der Waals surface area contributed by atoms with E-state index in [1.54, 1.807) is 0 Å². The summed E-state index contributed by atoms with van der Waals surface area (Å²) < 4.78 is 218. The van der Waals surface area contributed by atoms with Crippen LogP contribution in [-0.4, -0.2) is 47.0 Å². The van der Waals surface area contributed by atoms with Gasteiger partial charge in [0.2, 0.25) is 0 Å². The molecule has 21 heteroatoms. The summed E-state index contributed by atoms with van der Waals surface area (Å²) in [5.41, 5.74) is 0. The molecule has 0 radical (unpaired) electrons. The molecule has 0 aliphatic heterocycles. The summed E-state index contributed by atoms with van der Waals surface area (Å²) in [7, 11) is 0. The molecule has 0 fully saturated rings. The Morgan fingerprint density at radius 1 is 0.448 bits per heavy atom. The van der Waals surface area contributed by atoms with E-state index < -0.39 is 59.0 Å². The standard InChI is InChI=1S/C8HF17O3S/c9-1(10,3(13,14)5(17,18)7(21,22)23)2(11,12)4(15,16)6(19,20)8(24,25)29-28-27-26/h26H/p-1. The van der Waals surface area contributed by atoms with Crippen molar-refractivity contribution in [3.05, 3.63) is 0 Å². The van der Waals surface area contributed by atoms with Crippen molar-refractivity contribution in [3.63, 3.8) is 0 Å². The largest absolute Gasteiger partial charge is 0.691 e. The van der Waals surface area contributed by atoms with Gasteiger partial charge in [-0.2, -0.15) is 79.0 Å². The summed E-state index contributed by atoms with van der Waals surface area (Å²) >= 11 is -2.54. The maximum absolute atomic E-state index is 13.1. The molecule has 0 aromatic heterocycles. The van der Waals surface area contributed by atoms with Gasteiger partial charge >= 0.3 is 47.0 Å². The van der Waals surface area contributed by atoms with Gasteiger partial charge in [0.15, 0.2) is 0 Å². The molecule has 0 N–H and O–H groups in total. The van der Waals surface area contributed by atoms with Crippen LogP contribution >= 0.6 is 12.0 Å². The molecule has 0 aliphatic carbocycles. The lowest BCUT2D eigenvalue weighted by atomic mass is 9.91.